The molecule has 4 nitrogen and oxygen atoms in total. The summed E-state index contributed by atoms with van der Waals surface area (Å²) in [6.45, 7) is 7.92. The molecule has 0 aliphatic carbocycles. The molecular weight excluding hydrogens is 260 g/mol. The number of carbonyl (C=O) groups excluding carboxylic acids is 1. The van der Waals surface area contributed by atoms with Crippen molar-refractivity contribution in [3.63, 3.8) is 0 Å². The molecule has 2 aromatic heterocycles. The lowest BCUT2D eigenvalue weighted by atomic mass is 10.1. The molecule has 0 radical (unpaired) electrons. The second kappa shape index (κ2) is 5.48. The first-order chi connectivity index (χ1) is 9.02. The smallest absolute Gasteiger partial charge is 0.339 e. The van der Waals surface area contributed by atoms with Gasteiger partial charge in [-0.05, 0) is 39.8 Å². The van der Waals surface area contributed by atoms with E-state index >= 15 is 0 Å². The molecule has 0 aromatic carbocycles. The molecule has 5 heteroatoms. The van der Waals surface area contributed by atoms with E-state index in [2.05, 4.69) is 9.97 Å². The van der Waals surface area contributed by atoms with Gasteiger partial charge in [-0.1, -0.05) is 0 Å². The number of esters is 1. The third-order valence-corrected chi connectivity index (χ3v) is 3.81. The van der Waals surface area contributed by atoms with Gasteiger partial charge in [0.2, 0.25) is 0 Å². The number of pyridine rings is 1. The van der Waals surface area contributed by atoms with Crippen LogP contribution in [0.1, 0.15) is 33.7 Å². The SMILES string of the molecule is CCOC(=O)c1ccc(-c2sc(C)nc2C)nc1C. The Bertz CT molecular complexity index is 620. The minimum Gasteiger partial charge on any atom is -0.462 e. The minimum absolute atomic E-state index is 0.323. The molecule has 2 heterocycles. The van der Waals surface area contributed by atoms with Crippen LogP contribution in [0.15, 0.2) is 12.1 Å². The van der Waals surface area contributed by atoms with Crippen molar-refractivity contribution in [3.8, 4) is 10.6 Å². The lowest BCUT2D eigenvalue weighted by molar-refractivity contribution is 0.0525. The van der Waals surface area contributed by atoms with Crippen LogP contribution in [-0.4, -0.2) is 22.5 Å². The summed E-state index contributed by atoms with van der Waals surface area (Å²) in [5, 5.41) is 1.02. The Balaban J connectivity index is 2.39. The first-order valence-corrected chi connectivity index (χ1v) is 6.93. The van der Waals surface area contributed by atoms with Crippen molar-refractivity contribution in [1.82, 2.24) is 9.97 Å². The maximum Gasteiger partial charge on any atom is 0.339 e. The summed E-state index contributed by atoms with van der Waals surface area (Å²) in [5.74, 6) is -0.323. The largest absolute Gasteiger partial charge is 0.462 e. The monoisotopic (exact) mass is 276 g/mol. The molecule has 0 atom stereocenters. The predicted octanol–water partition coefficient (Wildman–Crippen LogP) is 3.31. The van der Waals surface area contributed by atoms with E-state index in [-0.39, 0.29) is 5.97 Å². The van der Waals surface area contributed by atoms with Crippen molar-refractivity contribution < 1.29 is 9.53 Å². The Morgan fingerprint density at radius 1 is 1.21 bits per heavy atom. The zero-order valence-electron chi connectivity index (χ0n) is 11.5. The summed E-state index contributed by atoms with van der Waals surface area (Å²) in [4.78, 5) is 21.6. The summed E-state index contributed by atoms with van der Waals surface area (Å²) < 4.78 is 4.99. The quantitative estimate of drug-likeness (QED) is 0.807. The van der Waals surface area contributed by atoms with Gasteiger partial charge in [0.1, 0.15) is 0 Å². The highest BCUT2D eigenvalue weighted by Crippen LogP contribution is 2.28. The number of ether oxygens (including phenoxy) is 1. The Hall–Kier alpha value is -1.75. The Kier molecular flexibility index (Phi) is 3.95. The lowest BCUT2D eigenvalue weighted by Crippen LogP contribution is -2.08. The molecule has 100 valence electrons. The normalized spacial score (nSPS) is 10.5. The molecule has 0 bridgehead atoms. The highest BCUT2D eigenvalue weighted by molar-refractivity contribution is 7.15. The number of thiazole rings is 1. The second-order valence-corrected chi connectivity index (χ2v) is 5.40. The predicted molar refractivity (Wildman–Crippen MR) is 75.5 cm³/mol. The van der Waals surface area contributed by atoms with Gasteiger partial charge in [0.25, 0.3) is 0 Å². The first kappa shape index (κ1) is 13.7. The third-order valence-electron chi connectivity index (χ3n) is 2.72. The van der Waals surface area contributed by atoms with Crippen LogP contribution in [0.2, 0.25) is 0 Å². The Morgan fingerprint density at radius 2 is 1.95 bits per heavy atom. The van der Waals surface area contributed by atoms with E-state index < -0.39 is 0 Å². The van der Waals surface area contributed by atoms with Gasteiger partial charge in [-0.3, -0.25) is 4.98 Å². The van der Waals surface area contributed by atoms with Gasteiger partial charge in [-0.25, -0.2) is 9.78 Å². The lowest BCUT2D eigenvalue weighted by Gasteiger charge is -2.06. The molecule has 0 saturated heterocycles. The summed E-state index contributed by atoms with van der Waals surface area (Å²) in [6.07, 6.45) is 0. The number of rotatable bonds is 3. The van der Waals surface area contributed by atoms with Crippen molar-refractivity contribution in [2.45, 2.75) is 27.7 Å². The fraction of sp³-hybridized carbons (Fsp3) is 0.357. The van der Waals surface area contributed by atoms with Crippen molar-refractivity contribution in [2.75, 3.05) is 6.61 Å². The van der Waals surface area contributed by atoms with E-state index in [1.807, 2.05) is 26.8 Å². The number of aryl methyl sites for hydroxylation is 3. The number of hydrogen-bond donors (Lipinski definition) is 0. The van der Waals surface area contributed by atoms with Crippen LogP contribution in [0.4, 0.5) is 0 Å². The van der Waals surface area contributed by atoms with Crippen LogP contribution in [0.5, 0.6) is 0 Å². The summed E-state index contributed by atoms with van der Waals surface area (Å²) in [6, 6.07) is 3.61. The van der Waals surface area contributed by atoms with Crippen LogP contribution < -0.4 is 0 Å². The van der Waals surface area contributed by atoms with Gasteiger partial charge in [0.05, 0.1) is 39.1 Å². The van der Waals surface area contributed by atoms with Crippen molar-refractivity contribution >= 4 is 17.3 Å². The molecule has 19 heavy (non-hydrogen) atoms. The van der Waals surface area contributed by atoms with E-state index in [0.717, 1.165) is 21.3 Å². The fourth-order valence-electron chi connectivity index (χ4n) is 1.88. The summed E-state index contributed by atoms with van der Waals surface area (Å²) in [7, 11) is 0. The Labute approximate surface area is 116 Å². The van der Waals surface area contributed by atoms with Crippen molar-refractivity contribution in [2.24, 2.45) is 0 Å². The van der Waals surface area contributed by atoms with Crippen LogP contribution in [0.3, 0.4) is 0 Å². The number of hydrogen-bond acceptors (Lipinski definition) is 5. The zero-order chi connectivity index (χ0) is 14.0. The fourth-order valence-corrected chi connectivity index (χ4v) is 2.77. The van der Waals surface area contributed by atoms with E-state index in [9.17, 15) is 4.79 Å². The van der Waals surface area contributed by atoms with E-state index in [1.54, 1.807) is 24.3 Å². The van der Waals surface area contributed by atoms with Crippen molar-refractivity contribution in [3.05, 3.63) is 34.1 Å². The number of nitrogens with zero attached hydrogens (tertiary/aromatic N) is 2. The summed E-state index contributed by atoms with van der Waals surface area (Å²) in [5.41, 5.74) is 3.03. The molecular formula is C14H16N2O2S. The molecule has 0 saturated carbocycles. The highest BCUT2D eigenvalue weighted by Gasteiger charge is 2.14. The molecule has 0 amide bonds. The Morgan fingerprint density at radius 3 is 2.47 bits per heavy atom. The third kappa shape index (κ3) is 2.81. The highest BCUT2D eigenvalue weighted by atomic mass is 32.1. The van der Waals surface area contributed by atoms with E-state index in [4.69, 9.17) is 4.74 Å². The summed E-state index contributed by atoms with van der Waals surface area (Å²) >= 11 is 1.61. The van der Waals surface area contributed by atoms with Gasteiger partial charge < -0.3 is 4.74 Å². The van der Waals surface area contributed by atoms with Crippen LogP contribution in [0.25, 0.3) is 10.6 Å². The molecule has 0 fully saturated rings. The molecule has 0 unspecified atom stereocenters. The van der Waals surface area contributed by atoms with Gasteiger partial charge in [0, 0.05) is 0 Å². The first-order valence-electron chi connectivity index (χ1n) is 6.12. The molecule has 2 aromatic rings. The molecule has 0 aliphatic heterocycles. The molecule has 0 aliphatic rings. The van der Waals surface area contributed by atoms with Crippen LogP contribution >= 0.6 is 11.3 Å². The van der Waals surface area contributed by atoms with Gasteiger partial charge in [-0.2, -0.15) is 0 Å². The van der Waals surface area contributed by atoms with Gasteiger partial charge >= 0.3 is 5.97 Å². The van der Waals surface area contributed by atoms with Crippen LogP contribution in [0, 0.1) is 20.8 Å². The van der Waals surface area contributed by atoms with Gasteiger partial charge in [-0.15, -0.1) is 11.3 Å². The molecule has 0 spiro atoms. The average Bonchev–Trinajstić information content (AvgIpc) is 2.68. The standard InChI is InChI=1S/C14H16N2O2S/c1-5-18-14(17)11-6-7-12(16-8(11)2)13-9(3)15-10(4)19-13/h6-7H,5H2,1-4H3. The topological polar surface area (TPSA) is 52.1 Å². The van der Waals surface area contributed by atoms with E-state index in [0.29, 0.717) is 17.9 Å². The number of aromatic nitrogens is 2. The molecule has 0 N–H and O–H groups in total. The maximum atomic E-state index is 11.7. The average molecular weight is 276 g/mol. The van der Waals surface area contributed by atoms with Gasteiger partial charge in [0.15, 0.2) is 0 Å². The maximum absolute atomic E-state index is 11.7. The zero-order valence-corrected chi connectivity index (χ0v) is 12.3. The number of carbonyl (C=O) groups is 1. The van der Waals surface area contributed by atoms with Crippen molar-refractivity contribution in [1.29, 1.82) is 0 Å². The van der Waals surface area contributed by atoms with Crippen LogP contribution in [-0.2, 0) is 4.74 Å². The second-order valence-electron chi connectivity index (χ2n) is 4.20. The molecule has 2 rings (SSSR count). The van der Waals surface area contributed by atoms with E-state index in [1.165, 1.54) is 0 Å². The minimum atomic E-state index is -0.323.